The Morgan fingerprint density at radius 3 is 2.43 bits per heavy atom. The van der Waals surface area contributed by atoms with E-state index >= 15 is 0 Å². The maximum Gasteiger partial charge on any atom is 0.251 e. The Morgan fingerprint density at radius 1 is 1.29 bits per heavy atom. The molecule has 0 heterocycles. The summed E-state index contributed by atoms with van der Waals surface area (Å²) in [7, 11) is 0. The predicted molar refractivity (Wildman–Crippen MR) is 85.0 cm³/mol. The second kappa shape index (κ2) is 8.14. The zero-order valence-corrected chi connectivity index (χ0v) is 13.9. The van der Waals surface area contributed by atoms with Gasteiger partial charge in [0.05, 0.1) is 6.54 Å². The Bertz CT molecular complexity index is 490. The summed E-state index contributed by atoms with van der Waals surface area (Å²) in [5.74, 6) is -0.559. The van der Waals surface area contributed by atoms with Gasteiger partial charge < -0.3 is 15.7 Å². The fraction of sp³-hybridized carbons (Fsp3) is 0.467. The summed E-state index contributed by atoms with van der Waals surface area (Å²) < 4.78 is 0.888. The molecule has 5 nitrogen and oxygen atoms in total. The fourth-order valence-corrected chi connectivity index (χ4v) is 2.08. The van der Waals surface area contributed by atoms with Crippen LogP contribution in [0.15, 0.2) is 28.7 Å². The van der Waals surface area contributed by atoms with Gasteiger partial charge in [-0.15, -0.1) is 0 Å². The van der Waals surface area contributed by atoms with Gasteiger partial charge in [-0.3, -0.25) is 9.59 Å². The topological polar surface area (TPSA) is 78.4 Å². The van der Waals surface area contributed by atoms with Gasteiger partial charge in [-0.1, -0.05) is 22.9 Å². The highest BCUT2D eigenvalue weighted by atomic mass is 79.9. The summed E-state index contributed by atoms with van der Waals surface area (Å²) in [5.41, 5.74) is 0.0494. The van der Waals surface area contributed by atoms with Crippen molar-refractivity contribution in [1.82, 2.24) is 10.6 Å². The molecule has 0 aromatic heterocycles. The summed E-state index contributed by atoms with van der Waals surface area (Å²) in [5, 5.41) is 14.4. The summed E-state index contributed by atoms with van der Waals surface area (Å²) in [4.78, 5) is 23.7. The van der Waals surface area contributed by atoms with Crippen LogP contribution in [0.2, 0.25) is 0 Å². The maximum absolute atomic E-state index is 11.9. The van der Waals surface area contributed by atoms with Crippen LogP contribution >= 0.6 is 15.9 Å². The number of benzene rings is 1. The minimum atomic E-state index is -0.450. The molecule has 0 aliphatic carbocycles. The van der Waals surface area contributed by atoms with Gasteiger partial charge in [-0.05, 0) is 44.0 Å². The van der Waals surface area contributed by atoms with Crippen molar-refractivity contribution < 1.29 is 14.7 Å². The van der Waals surface area contributed by atoms with Crippen molar-refractivity contribution in [2.45, 2.75) is 32.2 Å². The normalized spacial score (nSPS) is 13.3. The first-order valence-corrected chi connectivity index (χ1v) is 7.65. The predicted octanol–water partition coefficient (Wildman–Crippen LogP) is 1.85. The van der Waals surface area contributed by atoms with Crippen molar-refractivity contribution in [1.29, 1.82) is 0 Å². The third-order valence-corrected chi connectivity index (χ3v) is 3.93. The first kappa shape index (κ1) is 17.7. The zero-order valence-electron chi connectivity index (χ0n) is 12.3. The van der Waals surface area contributed by atoms with Crippen LogP contribution in [0.25, 0.3) is 0 Å². The lowest BCUT2D eigenvalue weighted by Gasteiger charge is -2.29. The number of carbonyl (C=O) groups excluding carboxylic acids is 2. The molecule has 0 radical (unpaired) electrons. The van der Waals surface area contributed by atoms with E-state index in [1.54, 1.807) is 24.3 Å². The van der Waals surface area contributed by atoms with Crippen LogP contribution in [0.3, 0.4) is 0 Å². The Hall–Kier alpha value is -1.40. The quantitative estimate of drug-likeness (QED) is 0.697. The highest BCUT2D eigenvalue weighted by Gasteiger charge is 2.23. The van der Waals surface area contributed by atoms with Crippen molar-refractivity contribution in [2.75, 3.05) is 13.2 Å². The van der Waals surface area contributed by atoms with Crippen molar-refractivity contribution >= 4 is 27.7 Å². The molecule has 0 aliphatic heterocycles. The van der Waals surface area contributed by atoms with E-state index in [4.69, 9.17) is 5.11 Å². The first-order valence-electron chi connectivity index (χ1n) is 6.86. The monoisotopic (exact) mass is 356 g/mol. The van der Waals surface area contributed by atoms with E-state index in [2.05, 4.69) is 26.6 Å². The summed E-state index contributed by atoms with van der Waals surface area (Å²) in [6.45, 7) is 3.74. The van der Waals surface area contributed by atoms with E-state index in [0.29, 0.717) is 18.4 Å². The van der Waals surface area contributed by atoms with Gasteiger partial charge >= 0.3 is 0 Å². The molecule has 0 aliphatic rings. The van der Waals surface area contributed by atoms with Crippen LogP contribution in [-0.4, -0.2) is 35.6 Å². The third-order valence-electron chi connectivity index (χ3n) is 3.40. The smallest absolute Gasteiger partial charge is 0.251 e. The molecule has 1 aromatic rings. The fourth-order valence-electron chi connectivity index (χ4n) is 1.82. The number of nitrogens with one attached hydrogen (secondary N) is 2. The van der Waals surface area contributed by atoms with E-state index in [1.807, 2.05) is 13.8 Å². The molecule has 21 heavy (non-hydrogen) atoms. The molecule has 3 N–H and O–H groups in total. The lowest BCUT2D eigenvalue weighted by molar-refractivity contribution is -0.122. The number of aliphatic hydroxyl groups excluding tert-OH is 1. The van der Waals surface area contributed by atoms with Gasteiger partial charge in [0.25, 0.3) is 5.91 Å². The van der Waals surface area contributed by atoms with Gasteiger partial charge in [-0.2, -0.15) is 0 Å². The average Bonchev–Trinajstić information content (AvgIpc) is 2.45. The van der Waals surface area contributed by atoms with Gasteiger partial charge in [-0.25, -0.2) is 0 Å². The van der Waals surface area contributed by atoms with Crippen LogP contribution in [0.5, 0.6) is 0 Å². The second-order valence-electron chi connectivity index (χ2n) is 5.13. The Morgan fingerprint density at radius 2 is 1.90 bits per heavy atom. The molecule has 0 spiro atoms. The number of carbonyl (C=O) groups is 2. The largest absolute Gasteiger partial charge is 0.396 e. The SMILES string of the molecule is CCC(C)(CCO)NC(=O)CNC(=O)c1ccc(Br)cc1. The highest BCUT2D eigenvalue weighted by molar-refractivity contribution is 9.10. The number of aliphatic hydroxyl groups is 1. The average molecular weight is 357 g/mol. The van der Waals surface area contributed by atoms with E-state index < -0.39 is 5.54 Å². The molecule has 1 unspecified atom stereocenters. The van der Waals surface area contributed by atoms with Crippen molar-refractivity contribution in [3.63, 3.8) is 0 Å². The molecule has 1 atom stereocenters. The van der Waals surface area contributed by atoms with E-state index in [-0.39, 0.29) is 25.0 Å². The van der Waals surface area contributed by atoms with Gasteiger partial charge in [0.1, 0.15) is 0 Å². The van der Waals surface area contributed by atoms with Crippen LogP contribution in [0.1, 0.15) is 37.0 Å². The number of hydrogen-bond acceptors (Lipinski definition) is 3. The zero-order chi connectivity index (χ0) is 15.9. The maximum atomic E-state index is 11.9. The molecule has 0 saturated carbocycles. The molecule has 0 bridgehead atoms. The summed E-state index contributed by atoms with van der Waals surface area (Å²) in [6.07, 6.45) is 1.19. The van der Waals surface area contributed by atoms with Crippen molar-refractivity contribution in [3.8, 4) is 0 Å². The molecule has 116 valence electrons. The Kier molecular flexibility index (Phi) is 6.84. The van der Waals surface area contributed by atoms with Crippen molar-refractivity contribution in [2.24, 2.45) is 0 Å². The number of hydrogen-bond donors (Lipinski definition) is 3. The lowest BCUT2D eigenvalue weighted by atomic mass is 9.95. The van der Waals surface area contributed by atoms with Crippen LogP contribution in [-0.2, 0) is 4.79 Å². The molecular formula is C15H21BrN2O3. The second-order valence-corrected chi connectivity index (χ2v) is 6.04. The highest BCUT2D eigenvalue weighted by Crippen LogP contribution is 2.13. The first-order chi connectivity index (χ1) is 9.90. The minimum absolute atomic E-state index is 0.00979. The summed E-state index contributed by atoms with van der Waals surface area (Å²) in [6, 6.07) is 6.90. The molecule has 6 heteroatoms. The number of rotatable bonds is 7. The van der Waals surface area contributed by atoms with Crippen LogP contribution in [0, 0.1) is 0 Å². The Labute approximate surface area is 133 Å². The van der Waals surface area contributed by atoms with Gasteiger partial charge in [0, 0.05) is 22.2 Å². The van der Waals surface area contributed by atoms with E-state index in [1.165, 1.54) is 0 Å². The summed E-state index contributed by atoms with van der Waals surface area (Å²) >= 11 is 3.30. The molecule has 0 saturated heterocycles. The molecule has 1 aromatic carbocycles. The lowest BCUT2D eigenvalue weighted by Crippen LogP contribution is -2.49. The molecule has 1 rings (SSSR count). The number of amides is 2. The molecule has 2 amide bonds. The van der Waals surface area contributed by atoms with E-state index in [0.717, 1.165) is 4.47 Å². The van der Waals surface area contributed by atoms with Gasteiger partial charge in [0.2, 0.25) is 5.91 Å². The van der Waals surface area contributed by atoms with Crippen LogP contribution in [0.4, 0.5) is 0 Å². The standard InChI is InChI=1S/C15H21BrN2O3/c1-3-15(2,8-9-19)18-13(20)10-17-14(21)11-4-6-12(16)7-5-11/h4-7,19H,3,8-10H2,1-2H3,(H,17,21)(H,18,20). The molecule has 0 fully saturated rings. The third kappa shape index (κ3) is 5.85. The van der Waals surface area contributed by atoms with Crippen LogP contribution < -0.4 is 10.6 Å². The van der Waals surface area contributed by atoms with E-state index in [9.17, 15) is 9.59 Å². The number of halogens is 1. The van der Waals surface area contributed by atoms with Gasteiger partial charge in [0.15, 0.2) is 0 Å². The molecular weight excluding hydrogens is 336 g/mol. The Balaban J connectivity index is 2.49. The van der Waals surface area contributed by atoms with Crippen molar-refractivity contribution in [3.05, 3.63) is 34.3 Å². The minimum Gasteiger partial charge on any atom is -0.396 e.